The minimum absolute atomic E-state index is 0.203. The lowest BCUT2D eigenvalue weighted by molar-refractivity contribution is 0.0948. The predicted molar refractivity (Wildman–Crippen MR) is 91.1 cm³/mol. The lowest BCUT2D eigenvalue weighted by atomic mass is 10.3. The fraction of sp³-hybridized carbons (Fsp3) is 0.200. The van der Waals surface area contributed by atoms with Crippen LogP contribution < -0.4 is 10.9 Å². The topological polar surface area (TPSA) is 87.7 Å². The molecule has 3 aromatic heterocycles. The number of aromatic nitrogens is 3. The Morgan fingerprint density at radius 3 is 2.87 bits per heavy atom. The highest BCUT2D eigenvalue weighted by Gasteiger charge is 2.08. The van der Waals surface area contributed by atoms with Crippen LogP contribution in [-0.4, -0.2) is 27.6 Å². The molecule has 0 saturated carbocycles. The zero-order valence-electron chi connectivity index (χ0n) is 12.3. The summed E-state index contributed by atoms with van der Waals surface area (Å²) in [4.78, 5) is 29.6. The largest absolute Gasteiger partial charge is 0.350 e. The van der Waals surface area contributed by atoms with Crippen molar-refractivity contribution in [2.75, 3.05) is 6.54 Å². The first-order chi connectivity index (χ1) is 11.1. The van der Waals surface area contributed by atoms with Gasteiger partial charge in [-0.1, -0.05) is 0 Å². The number of H-pyrrole nitrogens is 1. The zero-order valence-corrected chi connectivity index (χ0v) is 14.0. The number of carbonyl (C=O) groups is 1. The van der Waals surface area contributed by atoms with E-state index >= 15 is 0 Å². The monoisotopic (exact) mass is 346 g/mol. The first kappa shape index (κ1) is 15.6. The molecular formula is C15H14N4O2S2. The molecule has 6 nitrogen and oxygen atoms in total. The molecule has 0 aliphatic rings. The molecule has 118 valence electrons. The summed E-state index contributed by atoms with van der Waals surface area (Å²) in [5, 5.41) is 11.8. The van der Waals surface area contributed by atoms with Crippen LogP contribution in [0.15, 0.2) is 34.4 Å². The number of thiophene rings is 1. The highest BCUT2D eigenvalue weighted by atomic mass is 32.1. The second-order valence-corrected chi connectivity index (χ2v) is 7.06. The molecule has 8 heteroatoms. The predicted octanol–water partition coefficient (Wildman–Crippen LogP) is 2.24. The summed E-state index contributed by atoms with van der Waals surface area (Å²) in [6.45, 7) is 2.50. The van der Waals surface area contributed by atoms with E-state index in [-0.39, 0.29) is 17.2 Å². The number of amides is 1. The molecule has 0 aliphatic carbocycles. The van der Waals surface area contributed by atoms with Gasteiger partial charge in [-0.3, -0.25) is 9.59 Å². The molecule has 3 rings (SSSR count). The summed E-state index contributed by atoms with van der Waals surface area (Å²) in [7, 11) is 0. The molecule has 0 radical (unpaired) electrons. The van der Waals surface area contributed by atoms with Crippen LogP contribution in [0.5, 0.6) is 0 Å². The van der Waals surface area contributed by atoms with Gasteiger partial charge in [0, 0.05) is 22.9 Å². The summed E-state index contributed by atoms with van der Waals surface area (Å²) in [6.07, 6.45) is 0.739. The summed E-state index contributed by atoms with van der Waals surface area (Å²) in [5.74, 6) is -0.298. The summed E-state index contributed by atoms with van der Waals surface area (Å²) < 4.78 is 0. The molecule has 2 N–H and O–H groups in total. The van der Waals surface area contributed by atoms with Crippen molar-refractivity contribution in [3.8, 4) is 10.6 Å². The Morgan fingerprint density at radius 1 is 1.30 bits per heavy atom. The molecule has 0 fully saturated rings. The highest BCUT2D eigenvalue weighted by Crippen LogP contribution is 2.29. The lowest BCUT2D eigenvalue weighted by Crippen LogP contribution is -2.27. The molecule has 0 atom stereocenters. The normalized spacial score (nSPS) is 10.7. The number of rotatable bonds is 5. The zero-order chi connectivity index (χ0) is 16.2. The van der Waals surface area contributed by atoms with Crippen molar-refractivity contribution in [2.24, 2.45) is 0 Å². The van der Waals surface area contributed by atoms with Crippen molar-refractivity contribution in [3.05, 3.63) is 55.6 Å². The van der Waals surface area contributed by atoms with Gasteiger partial charge in [0.25, 0.3) is 11.5 Å². The fourth-order valence-corrected chi connectivity index (χ4v) is 3.64. The van der Waals surface area contributed by atoms with Gasteiger partial charge in [0.1, 0.15) is 5.69 Å². The van der Waals surface area contributed by atoms with Crippen LogP contribution in [0.1, 0.15) is 20.4 Å². The molecule has 23 heavy (non-hydrogen) atoms. The van der Waals surface area contributed by atoms with E-state index in [0.29, 0.717) is 6.54 Å². The highest BCUT2D eigenvalue weighted by molar-refractivity contribution is 7.16. The maximum absolute atomic E-state index is 11.9. The van der Waals surface area contributed by atoms with Crippen molar-refractivity contribution in [2.45, 2.75) is 13.3 Å². The Balaban J connectivity index is 1.55. The van der Waals surface area contributed by atoms with E-state index in [0.717, 1.165) is 22.0 Å². The molecule has 3 heterocycles. The van der Waals surface area contributed by atoms with E-state index in [1.807, 2.05) is 6.92 Å². The summed E-state index contributed by atoms with van der Waals surface area (Å²) in [6, 6.07) is 6.80. The molecular weight excluding hydrogens is 332 g/mol. The van der Waals surface area contributed by atoms with Crippen LogP contribution in [0, 0.1) is 6.92 Å². The molecule has 0 spiro atoms. The first-order valence-corrected chi connectivity index (χ1v) is 8.66. The lowest BCUT2D eigenvalue weighted by Gasteiger charge is -2.02. The minimum atomic E-state index is -0.329. The van der Waals surface area contributed by atoms with E-state index in [1.165, 1.54) is 17.0 Å². The number of thiazole rings is 1. The Hall–Kier alpha value is -2.32. The van der Waals surface area contributed by atoms with Crippen LogP contribution in [0.2, 0.25) is 0 Å². The van der Waals surface area contributed by atoms with Gasteiger partial charge in [-0.05, 0) is 31.5 Å². The van der Waals surface area contributed by atoms with E-state index in [1.54, 1.807) is 22.7 Å². The number of hydrogen-bond acceptors (Lipinski definition) is 6. The molecule has 1 amide bonds. The van der Waals surface area contributed by atoms with Crippen LogP contribution in [0.25, 0.3) is 10.6 Å². The average molecular weight is 346 g/mol. The standard InChI is InChI=1S/C15H14N4O2S2/c1-9-17-12(8-22-9)13-4-2-10(23-13)6-7-16-15(21)11-3-5-14(20)19-18-11/h2-5,8H,6-7H2,1H3,(H,16,21)(H,19,20). The maximum Gasteiger partial charge on any atom is 0.271 e. The van der Waals surface area contributed by atoms with Crippen LogP contribution in [-0.2, 0) is 6.42 Å². The first-order valence-electron chi connectivity index (χ1n) is 6.97. The fourth-order valence-electron chi connectivity index (χ4n) is 1.99. The van der Waals surface area contributed by atoms with Crippen molar-refractivity contribution >= 4 is 28.6 Å². The van der Waals surface area contributed by atoms with Gasteiger partial charge in [0.2, 0.25) is 0 Å². The molecule has 0 bridgehead atoms. The third kappa shape index (κ3) is 3.91. The van der Waals surface area contributed by atoms with Gasteiger partial charge in [0.15, 0.2) is 0 Å². The quantitative estimate of drug-likeness (QED) is 0.741. The molecule has 0 aliphatic heterocycles. The van der Waals surface area contributed by atoms with Gasteiger partial charge in [-0.15, -0.1) is 22.7 Å². The van der Waals surface area contributed by atoms with Gasteiger partial charge in [-0.25, -0.2) is 10.1 Å². The Kier molecular flexibility index (Phi) is 4.63. The SMILES string of the molecule is Cc1nc(-c2ccc(CCNC(=O)c3ccc(=O)[nH]n3)s2)cs1. The van der Waals surface area contributed by atoms with Crippen molar-refractivity contribution in [1.82, 2.24) is 20.5 Å². The van der Waals surface area contributed by atoms with E-state index in [4.69, 9.17) is 0 Å². The van der Waals surface area contributed by atoms with Crippen LogP contribution >= 0.6 is 22.7 Å². The molecule has 3 aromatic rings. The number of nitrogens with one attached hydrogen (secondary N) is 2. The van der Waals surface area contributed by atoms with Gasteiger partial charge in [-0.2, -0.15) is 5.10 Å². The Morgan fingerprint density at radius 2 is 2.17 bits per heavy atom. The van der Waals surface area contributed by atoms with Crippen LogP contribution in [0.3, 0.4) is 0 Å². The average Bonchev–Trinajstić information content (AvgIpc) is 3.17. The second kappa shape index (κ2) is 6.84. The number of nitrogens with zero attached hydrogens (tertiary/aromatic N) is 2. The van der Waals surface area contributed by atoms with E-state index in [9.17, 15) is 9.59 Å². The number of hydrogen-bond donors (Lipinski definition) is 2. The van der Waals surface area contributed by atoms with Crippen LogP contribution in [0.4, 0.5) is 0 Å². The Labute approximate surface area is 140 Å². The number of aryl methyl sites for hydroxylation is 1. The maximum atomic E-state index is 11.9. The molecule has 0 aromatic carbocycles. The summed E-state index contributed by atoms with van der Waals surface area (Å²) in [5.41, 5.74) is 0.879. The van der Waals surface area contributed by atoms with E-state index in [2.05, 4.69) is 38.0 Å². The van der Waals surface area contributed by atoms with Gasteiger partial charge < -0.3 is 5.32 Å². The van der Waals surface area contributed by atoms with Crippen molar-refractivity contribution in [3.63, 3.8) is 0 Å². The van der Waals surface area contributed by atoms with Gasteiger partial charge >= 0.3 is 0 Å². The Bertz CT molecular complexity index is 861. The molecule has 0 saturated heterocycles. The third-order valence-electron chi connectivity index (χ3n) is 3.10. The van der Waals surface area contributed by atoms with Crippen molar-refractivity contribution in [1.29, 1.82) is 0 Å². The molecule has 0 unspecified atom stereocenters. The van der Waals surface area contributed by atoms with Gasteiger partial charge in [0.05, 0.1) is 15.6 Å². The smallest absolute Gasteiger partial charge is 0.271 e. The third-order valence-corrected chi connectivity index (χ3v) is 5.04. The minimum Gasteiger partial charge on any atom is -0.350 e. The van der Waals surface area contributed by atoms with Crippen molar-refractivity contribution < 1.29 is 4.79 Å². The van der Waals surface area contributed by atoms with E-state index < -0.39 is 0 Å². The number of aromatic amines is 1. The number of carbonyl (C=O) groups excluding carboxylic acids is 1. The second-order valence-electron chi connectivity index (χ2n) is 4.83. The summed E-state index contributed by atoms with van der Waals surface area (Å²) >= 11 is 3.31.